The predicted octanol–water partition coefficient (Wildman–Crippen LogP) is 3.04. The number of hydrogen-bond donors (Lipinski definition) is 0. The average Bonchev–Trinajstić information content (AvgIpc) is 3.07. The molecule has 0 radical (unpaired) electrons. The molecule has 0 N–H and O–H groups in total. The topological polar surface area (TPSA) is 107 Å². The van der Waals surface area contributed by atoms with E-state index >= 15 is 0 Å². The smallest absolute Gasteiger partial charge is 0.242 e. The maximum atomic E-state index is 12.7. The Labute approximate surface area is 153 Å². The van der Waals surface area contributed by atoms with Gasteiger partial charge in [-0.05, 0) is 58.8 Å². The maximum Gasteiger partial charge on any atom is 0.243 e. The van der Waals surface area contributed by atoms with Gasteiger partial charge >= 0.3 is 0 Å². The van der Waals surface area contributed by atoms with Crippen molar-refractivity contribution in [3.05, 3.63) is 58.6 Å². The van der Waals surface area contributed by atoms with Gasteiger partial charge in [0.2, 0.25) is 29.7 Å². The Morgan fingerprint density at radius 2 is 0.960 bits per heavy atom. The van der Waals surface area contributed by atoms with Gasteiger partial charge in [0, 0.05) is 10.0 Å². The van der Waals surface area contributed by atoms with Crippen LogP contribution >= 0.6 is 23.2 Å². The molecule has 0 spiro atoms. The number of hydrogen-bond acceptors (Lipinski definition) is 7. The lowest BCUT2D eigenvalue weighted by Crippen LogP contribution is -2.11. The number of nitrogens with zero attached hydrogens (tertiary/aromatic N) is 2. The number of sulfone groups is 2. The summed E-state index contributed by atoms with van der Waals surface area (Å²) < 4.78 is 55.1. The third-order valence-electron chi connectivity index (χ3n) is 3.19. The number of halogens is 2. The fourth-order valence-electron chi connectivity index (χ4n) is 1.95. The van der Waals surface area contributed by atoms with Crippen LogP contribution in [-0.2, 0) is 19.7 Å². The molecule has 1 aromatic heterocycles. The van der Waals surface area contributed by atoms with Crippen molar-refractivity contribution in [2.24, 2.45) is 0 Å². The van der Waals surface area contributed by atoms with Crippen LogP contribution in [0.4, 0.5) is 0 Å². The first kappa shape index (κ1) is 17.9. The van der Waals surface area contributed by atoms with Gasteiger partial charge < -0.3 is 0 Å². The molecule has 0 aliphatic heterocycles. The molecule has 0 amide bonds. The second kappa shape index (κ2) is 6.41. The highest BCUT2D eigenvalue weighted by molar-refractivity contribution is 7.94. The van der Waals surface area contributed by atoms with Crippen molar-refractivity contribution < 1.29 is 21.5 Å². The summed E-state index contributed by atoms with van der Waals surface area (Å²) in [7, 11) is -8.55. The van der Waals surface area contributed by atoms with Crippen LogP contribution in [0, 0.1) is 0 Å². The molecule has 0 aliphatic carbocycles. The van der Waals surface area contributed by atoms with E-state index in [1.807, 2.05) is 0 Å². The zero-order valence-electron chi connectivity index (χ0n) is 12.1. The highest BCUT2D eigenvalue weighted by Crippen LogP contribution is 2.29. The summed E-state index contributed by atoms with van der Waals surface area (Å²) in [5.41, 5.74) is 0. The van der Waals surface area contributed by atoms with E-state index in [0.29, 0.717) is 10.0 Å². The van der Waals surface area contributed by atoms with Crippen molar-refractivity contribution in [2.45, 2.75) is 19.8 Å². The Morgan fingerprint density at radius 1 is 0.640 bits per heavy atom. The Morgan fingerprint density at radius 3 is 1.28 bits per heavy atom. The summed E-state index contributed by atoms with van der Waals surface area (Å²) >= 11 is 11.5. The van der Waals surface area contributed by atoms with Crippen LogP contribution in [0.2, 0.25) is 10.0 Å². The summed E-state index contributed by atoms with van der Waals surface area (Å²) in [4.78, 5) is -0.389. The van der Waals surface area contributed by atoms with Gasteiger partial charge in [-0.2, -0.15) is 0 Å². The average molecular weight is 419 g/mol. The zero-order valence-corrected chi connectivity index (χ0v) is 15.3. The third-order valence-corrected chi connectivity index (χ3v) is 7.16. The minimum absolute atomic E-state index is 0.194. The summed E-state index contributed by atoms with van der Waals surface area (Å²) in [6, 6.07) is 10.3. The molecule has 130 valence electrons. The van der Waals surface area contributed by atoms with Crippen molar-refractivity contribution in [1.82, 2.24) is 10.3 Å². The molecule has 11 heteroatoms. The maximum absolute atomic E-state index is 12.7. The van der Waals surface area contributed by atoms with Crippen LogP contribution in [0.1, 0.15) is 0 Å². The molecule has 0 unspecified atom stereocenters. The van der Waals surface area contributed by atoms with Crippen molar-refractivity contribution in [2.75, 3.05) is 0 Å². The van der Waals surface area contributed by atoms with Gasteiger partial charge in [-0.3, -0.25) is 0 Å². The molecule has 1 heterocycles. The molecule has 7 nitrogen and oxygen atoms in total. The van der Waals surface area contributed by atoms with E-state index in [-0.39, 0.29) is 9.79 Å². The summed E-state index contributed by atoms with van der Waals surface area (Å²) in [5, 5.41) is 5.62. The van der Waals surface area contributed by atoms with Gasteiger partial charge in [0.1, 0.15) is 0 Å². The van der Waals surface area contributed by atoms with Gasteiger partial charge in [0.15, 0.2) is 0 Å². The van der Waals surface area contributed by atoms with Crippen LogP contribution in [0.3, 0.4) is 0 Å². The zero-order chi connectivity index (χ0) is 18.2. The fraction of sp³-hybridized carbons (Fsp3) is 0. The molecule has 3 aromatic rings. The molecule has 0 bridgehead atoms. The molecule has 0 atom stereocenters. The molecule has 0 aliphatic rings. The Balaban J connectivity index is 2.15. The Kier molecular flexibility index (Phi) is 4.58. The second-order valence-electron chi connectivity index (χ2n) is 4.79. The molecule has 0 fully saturated rings. The van der Waals surface area contributed by atoms with E-state index in [0.717, 1.165) is 0 Å². The van der Waals surface area contributed by atoms with Crippen LogP contribution < -0.4 is 0 Å². The molecular formula is C14H8Cl2N2O5S2. The molecule has 2 aromatic carbocycles. The van der Waals surface area contributed by atoms with E-state index in [2.05, 4.69) is 14.9 Å². The molecule has 3 rings (SSSR count). The van der Waals surface area contributed by atoms with Crippen molar-refractivity contribution in [1.29, 1.82) is 0 Å². The first-order valence-electron chi connectivity index (χ1n) is 6.57. The minimum atomic E-state index is -4.27. The van der Waals surface area contributed by atoms with E-state index in [4.69, 9.17) is 23.2 Å². The molecule has 0 saturated carbocycles. The quantitative estimate of drug-likeness (QED) is 0.640. The van der Waals surface area contributed by atoms with Gasteiger partial charge in [-0.15, -0.1) is 0 Å². The first-order chi connectivity index (χ1) is 11.7. The van der Waals surface area contributed by atoms with Gasteiger partial charge in [-0.1, -0.05) is 23.2 Å². The number of benzene rings is 2. The molecular weight excluding hydrogens is 411 g/mol. The van der Waals surface area contributed by atoms with Crippen LogP contribution in [0.15, 0.2) is 73.0 Å². The first-order valence-corrected chi connectivity index (χ1v) is 10.3. The van der Waals surface area contributed by atoms with Crippen LogP contribution in [0.5, 0.6) is 0 Å². The lowest BCUT2D eigenvalue weighted by atomic mass is 10.4. The Bertz CT molecular complexity index is 1030. The van der Waals surface area contributed by atoms with Crippen molar-refractivity contribution in [3.63, 3.8) is 0 Å². The van der Waals surface area contributed by atoms with Crippen LogP contribution in [-0.4, -0.2) is 27.1 Å². The van der Waals surface area contributed by atoms with Gasteiger partial charge in [0.25, 0.3) is 0 Å². The van der Waals surface area contributed by atoms with Crippen LogP contribution in [0.25, 0.3) is 0 Å². The summed E-state index contributed by atoms with van der Waals surface area (Å²) in [6.07, 6.45) is 0. The lowest BCUT2D eigenvalue weighted by Gasteiger charge is -2.04. The van der Waals surface area contributed by atoms with Crippen molar-refractivity contribution >= 4 is 42.9 Å². The summed E-state index contributed by atoms with van der Waals surface area (Å²) in [6.45, 7) is 0. The molecule has 0 saturated heterocycles. The van der Waals surface area contributed by atoms with E-state index in [1.165, 1.54) is 48.5 Å². The van der Waals surface area contributed by atoms with Gasteiger partial charge in [-0.25, -0.2) is 21.5 Å². The van der Waals surface area contributed by atoms with E-state index < -0.39 is 29.7 Å². The van der Waals surface area contributed by atoms with Crippen molar-refractivity contribution in [3.8, 4) is 0 Å². The van der Waals surface area contributed by atoms with Gasteiger partial charge in [0.05, 0.1) is 9.79 Å². The standard InChI is InChI=1S/C14H8Cl2N2O5S2/c15-9-1-5-11(6-2-9)24(19,20)13-14(18-23-17-13)25(21,22)12-7-3-10(16)4-8-12/h1-8H. The second-order valence-corrected chi connectivity index (χ2v) is 9.39. The largest absolute Gasteiger partial charge is 0.243 e. The SMILES string of the molecule is O=S(=O)(c1ccc(Cl)cc1)c1nonc1S(=O)(=O)c1ccc(Cl)cc1. The molecule has 25 heavy (non-hydrogen) atoms. The minimum Gasteiger partial charge on any atom is -0.242 e. The predicted molar refractivity (Wildman–Crippen MR) is 88.1 cm³/mol. The highest BCUT2D eigenvalue weighted by Gasteiger charge is 2.35. The monoisotopic (exact) mass is 418 g/mol. The number of aromatic nitrogens is 2. The fourth-order valence-corrected chi connectivity index (χ4v) is 5.09. The normalized spacial score (nSPS) is 12.2. The third kappa shape index (κ3) is 3.28. The summed E-state index contributed by atoms with van der Waals surface area (Å²) in [5.74, 6) is 0. The van der Waals surface area contributed by atoms with E-state index in [9.17, 15) is 16.8 Å². The lowest BCUT2D eigenvalue weighted by molar-refractivity contribution is 0.291. The highest BCUT2D eigenvalue weighted by atomic mass is 35.5. The van der Waals surface area contributed by atoms with E-state index in [1.54, 1.807) is 0 Å². The Hall–Kier alpha value is -1.94. The number of rotatable bonds is 4.